The third kappa shape index (κ3) is 5.40. The molecule has 0 aromatic heterocycles. The van der Waals surface area contributed by atoms with Gasteiger partial charge < -0.3 is 10.1 Å². The van der Waals surface area contributed by atoms with Gasteiger partial charge in [0.25, 0.3) is 5.91 Å². The quantitative estimate of drug-likeness (QED) is 0.504. The van der Waals surface area contributed by atoms with Crippen LogP contribution in [-0.4, -0.2) is 12.5 Å². The lowest BCUT2D eigenvalue weighted by Crippen LogP contribution is -2.12. The minimum atomic E-state index is -0.279. The van der Waals surface area contributed by atoms with E-state index >= 15 is 0 Å². The van der Waals surface area contributed by atoms with E-state index in [1.165, 1.54) is 0 Å². The summed E-state index contributed by atoms with van der Waals surface area (Å²) in [6.07, 6.45) is 3.14. The van der Waals surface area contributed by atoms with Crippen molar-refractivity contribution < 1.29 is 9.53 Å². The van der Waals surface area contributed by atoms with Crippen molar-refractivity contribution in [2.24, 2.45) is 0 Å². The summed E-state index contributed by atoms with van der Waals surface area (Å²) in [5, 5.41) is 3.47. The van der Waals surface area contributed by atoms with Crippen LogP contribution in [0.5, 0.6) is 5.75 Å². The highest BCUT2D eigenvalue weighted by Crippen LogP contribution is 2.34. The average Bonchev–Trinajstić information content (AvgIpc) is 2.55. The summed E-state index contributed by atoms with van der Waals surface area (Å²) < 4.78 is 6.58. The Morgan fingerprint density at radius 3 is 2.33 bits per heavy atom. The lowest BCUT2D eigenvalue weighted by molar-refractivity contribution is 0.102. The maximum atomic E-state index is 12.3. The van der Waals surface area contributed by atoms with Crippen LogP contribution in [0.1, 0.15) is 36.5 Å². The van der Waals surface area contributed by atoms with Crippen molar-refractivity contribution in [1.29, 1.82) is 0 Å². The molecule has 0 unspecified atom stereocenters. The molecule has 2 rings (SSSR count). The number of benzene rings is 2. The number of halogens is 3. The molecule has 0 saturated carbocycles. The van der Waals surface area contributed by atoms with Crippen molar-refractivity contribution in [2.45, 2.75) is 26.2 Å². The summed E-state index contributed by atoms with van der Waals surface area (Å²) in [6, 6.07) is 10.4. The molecule has 128 valence electrons. The van der Waals surface area contributed by atoms with Crippen LogP contribution in [0.4, 0.5) is 5.69 Å². The summed E-state index contributed by atoms with van der Waals surface area (Å²) in [6.45, 7) is 2.68. The number of ether oxygens (including phenoxy) is 1. The zero-order valence-electron chi connectivity index (χ0n) is 13.2. The van der Waals surface area contributed by atoms with Gasteiger partial charge in [0.15, 0.2) is 5.75 Å². The van der Waals surface area contributed by atoms with Crippen molar-refractivity contribution in [2.75, 3.05) is 11.9 Å². The Morgan fingerprint density at radius 1 is 1.12 bits per heavy atom. The zero-order valence-corrected chi connectivity index (χ0v) is 16.3. The first-order valence-electron chi connectivity index (χ1n) is 7.70. The molecule has 0 aliphatic carbocycles. The summed E-state index contributed by atoms with van der Waals surface area (Å²) in [4.78, 5) is 12.3. The van der Waals surface area contributed by atoms with E-state index < -0.39 is 0 Å². The predicted molar refractivity (Wildman–Crippen MR) is 104 cm³/mol. The summed E-state index contributed by atoms with van der Waals surface area (Å²) >= 11 is 15.8. The Kier molecular flexibility index (Phi) is 7.40. The van der Waals surface area contributed by atoms with Gasteiger partial charge in [0.05, 0.1) is 16.7 Å². The molecule has 24 heavy (non-hydrogen) atoms. The minimum Gasteiger partial charge on any atom is -0.490 e. The second-order valence-corrected chi connectivity index (χ2v) is 7.02. The van der Waals surface area contributed by atoms with E-state index in [1.54, 1.807) is 24.3 Å². The number of rotatable bonds is 7. The zero-order chi connectivity index (χ0) is 17.5. The van der Waals surface area contributed by atoms with Gasteiger partial charge in [0, 0.05) is 15.7 Å². The minimum absolute atomic E-state index is 0.279. The van der Waals surface area contributed by atoms with Crippen LogP contribution in [-0.2, 0) is 0 Å². The normalized spacial score (nSPS) is 10.5. The Morgan fingerprint density at radius 2 is 1.75 bits per heavy atom. The maximum Gasteiger partial charge on any atom is 0.255 e. The third-order valence-electron chi connectivity index (χ3n) is 3.36. The van der Waals surface area contributed by atoms with E-state index in [4.69, 9.17) is 27.9 Å². The number of amides is 1. The van der Waals surface area contributed by atoms with Crippen molar-refractivity contribution in [3.63, 3.8) is 0 Å². The molecule has 0 heterocycles. The van der Waals surface area contributed by atoms with Gasteiger partial charge in [-0.15, -0.1) is 0 Å². The monoisotopic (exact) mass is 429 g/mol. The summed E-state index contributed by atoms with van der Waals surface area (Å²) in [5.74, 6) is 0.147. The Balaban J connectivity index is 2.07. The van der Waals surface area contributed by atoms with Gasteiger partial charge in [-0.25, -0.2) is 0 Å². The topological polar surface area (TPSA) is 38.3 Å². The van der Waals surface area contributed by atoms with Gasteiger partial charge in [-0.1, -0.05) is 58.9 Å². The van der Waals surface area contributed by atoms with Crippen LogP contribution in [0.2, 0.25) is 10.0 Å². The molecule has 0 aliphatic rings. The molecule has 2 aromatic carbocycles. The maximum absolute atomic E-state index is 12.3. The molecular weight excluding hydrogens is 413 g/mol. The first kappa shape index (κ1) is 19.1. The van der Waals surface area contributed by atoms with Gasteiger partial charge >= 0.3 is 0 Å². The number of carbonyl (C=O) groups is 1. The molecule has 1 amide bonds. The van der Waals surface area contributed by atoms with E-state index in [9.17, 15) is 4.79 Å². The molecule has 0 saturated heterocycles. The van der Waals surface area contributed by atoms with Crippen molar-refractivity contribution >= 4 is 50.7 Å². The largest absolute Gasteiger partial charge is 0.490 e. The SMILES string of the molecule is CCCCCOc1c(Cl)cc(C(=O)Nc2ccc(Br)cc2)cc1Cl. The highest BCUT2D eigenvalue weighted by molar-refractivity contribution is 9.10. The highest BCUT2D eigenvalue weighted by atomic mass is 79.9. The third-order valence-corrected chi connectivity index (χ3v) is 4.45. The fraction of sp³-hybridized carbons (Fsp3) is 0.278. The smallest absolute Gasteiger partial charge is 0.255 e. The van der Waals surface area contributed by atoms with E-state index in [0.29, 0.717) is 33.7 Å². The molecular formula is C18H18BrCl2NO2. The number of unbranched alkanes of at least 4 members (excludes halogenated alkanes) is 2. The van der Waals surface area contributed by atoms with Crippen LogP contribution in [0, 0.1) is 0 Å². The molecule has 0 spiro atoms. The summed E-state index contributed by atoms with van der Waals surface area (Å²) in [7, 11) is 0. The molecule has 3 nitrogen and oxygen atoms in total. The Hall–Kier alpha value is -1.23. The molecule has 0 bridgehead atoms. The fourth-order valence-corrected chi connectivity index (χ4v) is 2.95. The average molecular weight is 431 g/mol. The standard InChI is InChI=1S/C18H18BrCl2NO2/c1-2-3-4-9-24-17-15(20)10-12(11-16(17)21)18(23)22-14-7-5-13(19)6-8-14/h5-8,10-11H,2-4,9H2,1H3,(H,22,23). The number of hydrogen-bond donors (Lipinski definition) is 1. The van der Waals surface area contributed by atoms with Crippen LogP contribution in [0.15, 0.2) is 40.9 Å². The molecule has 6 heteroatoms. The van der Waals surface area contributed by atoms with Gasteiger partial charge in [-0.2, -0.15) is 0 Å². The highest BCUT2D eigenvalue weighted by Gasteiger charge is 2.14. The molecule has 0 radical (unpaired) electrons. The van der Waals surface area contributed by atoms with Crippen LogP contribution < -0.4 is 10.1 Å². The lowest BCUT2D eigenvalue weighted by Gasteiger charge is -2.12. The summed E-state index contributed by atoms with van der Waals surface area (Å²) in [5.41, 5.74) is 1.07. The van der Waals surface area contributed by atoms with E-state index in [2.05, 4.69) is 28.2 Å². The van der Waals surface area contributed by atoms with Crippen molar-refractivity contribution in [3.8, 4) is 5.75 Å². The molecule has 0 aliphatic heterocycles. The fourth-order valence-electron chi connectivity index (χ4n) is 2.09. The first-order chi connectivity index (χ1) is 11.5. The second kappa shape index (κ2) is 9.30. The van der Waals surface area contributed by atoms with E-state index in [-0.39, 0.29) is 5.91 Å². The predicted octanol–water partition coefficient (Wildman–Crippen LogP) is 6.58. The number of carbonyl (C=O) groups excluding carboxylic acids is 1. The molecule has 1 N–H and O–H groups in total. The van der Waals surface area contributed by atoms with E-state index in [0.717, 1.165) is 23.7 Å². The van der Waals surface area contributed by atoms with Crippen molar-refractivity contribution in [3.05, 3.63) is 56.5 Å². The number of hydrogen-bond acceptors (Lipinski definition) is 2. The van der Waals surface area contributed by atoms with Gasteiger partial charge in [0.2, 0.25) is 0 Å². The first-order valence-corrected chi connectivity index (χ1v) is 9.25. The van der Waals surface area contributed by atoms with Crippen LogP contribution >= 0.6 is 39.1 Å². The Labute approximate surface area is 160 Å². The van der Waals surface area contributed by atoms with Crippen LogP contribution in [0.3, 0.4) is 0 Å². The van der Waals surface area contributed by atoms with Gasteiger partial charge in [-0.3, -0.25) is 4.79 Å². The van der Waals surface area contributed by atoms with Gasteiger partial charge in [-0.05, 0) is 42.8 Å². The van der Waals surface area contributed by atoms with Crippen molar-refractivity contribution in [1.82, 2.24) is 0 Å². The Bertz CT molecular complexity index is 682. The molecule has 0 fully saturated rings. The number of anilines is 1. The molecule has 0 atom stereocenters. The molecule has 2 aromatic rings. The lowest BCUT2D eigenvalue weighted by atomic mass is 10.2. The van der Waals surface area contributed by atoms with Gasteiger partial charge in [0.1, 0.15) is 0 Å². The van der Waals surface area contributed by atoms with E-state index in [1.807, 2.05) is 12.1 Å². The number of nitrogens with one attached hydrogen (secondary N) is 1. The second-order valence-electron chi connectivity index (χ2n) is 5.29. The van der Waals surface area contributed by atoms with Crippen LogP contribution in [0.25, 0.3) is 0 Å².